The summed E-state index contributed by atoms with van der Waals surface area (Å²) >= 11 is 24.7. The van der Waals surface area contributed by atoms with E-state index in [1.807, 2.05) is 48.5 Å². The van der Waals surface area contributed by atoms with Gasteiger partial charge in [0.05, 0.1) is 11.1 Å². The van der Waals surface area contributed by atoms with Crippen molar-refractivity contribution >= 4 is 58.3 Å². The molecule has 2 aliphatic rings. The zero-order chi connectivity index (χ0) is 34.1. The van der Waals surface area contributed by atoms with Crippen molar-refractivity contribution in [3.63, 3.8) is 0 Å². The average Bonchev–Trinajstić information content (AvgIpc) is 3.62. The van der Waals surface area contributed by atoms with E-state index in [1.165, 1.54) is 0 Å². The van der Waals surface area contributed by atoms with Crippen LogP contribution in [-0.4, -0.2) is 25.2 Å². The number of allylic oxidation sites excluding steroid dienone is 2. The Morgan fingerprint density at radius 3 is 1.02 bits per heavy atom. The molecule has 0 spiro atoms. The van der Waals surface area contributed by atoms with Crippen LogP contribution in [0.3, 0.4) is 0 Å². The number of ether oxygens (including phenoxy) is 4. The summed E-state index contributed by atoms with van der Waals surface area (Å²) in [6.07, 6.45) is 0.448. The second-order valence-corrected chi connectivity index (χ2v) is 13.3. The van der Waals surface area contributed by atoms with Crippen LogP contribution in [0.2, 0.25) is 20.1 Å². The molecule has 0 radical (unpaired) electrons. The topological polar surface area (TPSA) is 71.1 Å². The second-order valence-electron chi connectivity index (χ2n) is 11.6. The molecule has 4 aromatic carbocycles. The van der Waals surface area contributed by atoms with Crippen molar-refractivity contribution < 1.29 is 28.5 Å². The summed E-state index contributed by atoms with van der Waals surface area (Å²) in [5.74, 6) is -0.243. The van der Waals surface area contributed by atoms with Gasteiger partial charge < -0.3 is 18.9 Å². The molecule has 0 unspecified atom stereocenters. The number of carbonyl (C=O) groups excluding carboxylic acids is 2. The highest BCUT2D eigenvalue weighted by Gasteiger charge is 2.47. The first kappa shape index (κ1) is 33.9. The molecular weight excluding hydrogens is 694 g/mol. The Kier molecular flexibility index (Phi) is 9.82. The number of hydrogen-bond donors (Lipinski definition) is 0. The van der Waals surface area contributed by atoms with E-state index in [4.69, 9.17) is 65.4 Å². The predicted molar refractivity (Wildman–Crippen MR) is 186 cm³/mol. The minimum Gasteiger partial charge on any atom is -0.482 e. The molecule has 0 aromatic heterocycles. The minimum absolute atomic E-state index is 0.150. The average molecular weight is 724 g/mol. The van der Waals surface area contributed by atoms with E-state index < -0.39 is 23.1 Å². The first-order chi connectivity index (χ1) is 23.0. The van der Waals surface area contributed by atoms with Gasteiger partial charge in [0.2, 0.25) is 0 Å². The lowest BCUT2D eigenvalue weighted by Gasteiger charge is -2.31. The number of benzene rings is 4. The molecule has 0 bridgehead atoms. The summed E-state index contributed by atoms with van der Waals surface area (Å²) in [5, 5.41) is 2.32. The van der Waals surface area contributed by atoms with Gasteiger partial charge in [0.25, 0.3) is 0 Å². The van der Waals surface area contributed by atoms with Crippen LogP contribution in [0.4, 0.5) is 0 Å². The van der Waals surface area contributed by atoms with Crippen molar-refractivity contribution in [2.45, 2.75) is 37.9 Å². The number of hydrogen-bond acceptors (Lipinski definition) is 6. The van der Waals surface area contributed by atoms with Crippen LogP contribution in [0.15, 0.2) is 120 Å². The maximum Gasteiger partial charge on any atom is 0.337 e. The highest BCUT2D eigenvalue weighted by molar-refractivity contribution is 6.31. The Labute approximate surface area is 298 Å². The van der Waals surface area contributed by atoms with Crippen molar-refractivity contribution in [3.05, 3.63) is 162 Å². The quantitative estimate of drug-likeness (QED) is 0.127. The van der Waals surface area contributed by atoms with Gasteiger partial charge in [0.15, 0.2) is 11.2 Å². The zero-order valence-corrected chi connectivity index (χ0v) is 29.1. The van der Waals surface area contributed by atoms with Crippen molar-refractivity contribution in [1.29, 1.82) is 0 Å². The van der Waals surface area contributed by atoms with E-state index in [0.29, 0.717) is 42.8 Å². The minimum atomic E-state index is -0.979. The van der Waals surface area contributed by atoms with Crippen LogP contribution in [0.1, 0.15) is 48.9 Å². The molecule has 0 N–H and O–H groups in total. The summed E-state index contributed by atoms with van der Waals surface area (Å²) in [6.45, 7) is 3.16. The highest BCUT2D eigenvalue weighted by atomic mass is 35.5. The molecular formula is C38H30Cl4O6. The first-order valence-corrected chi connectivity index (χ1v) is 16.7. The molecule has 0 atom stereocenters. The number of carbonyl (C=O) groups is 2. The molecule has 10 heteroatoms. The van der Waals surface area contributed by atoms with Crippen molar-refractivity contribution in [2.24, 2.45) is 0 Å². The highest BCUT2D eigenvalue weighted by Crippen LogP contribution is 2.49. The van der Waals surface area contributed by atoms with Gasteiger partial charge in [-0.1, -0.05) is 94.9 Å². The van der Waals surface area contributed by atoms with E-state index in [9.17, 15) is 9.59 Å². The van der Waals surface area contributed by atoms with E-state index in [1.54, 1.807) is 62.4 Å². The Morgan fingerprint density at radius 1 is 0.521 bits per heavy atom. The zero-order valence-electron chi connectivity index (χ0n) is 26.0. The van der Waals surface area contributed by atoms with Crippen LogP contribution in [-0.2, 0) is 39.7 Å². The lowest BCUT2D eigenvalue weighted by Crippen LogP contribution is -2.28. The second kappa shape index (κ2) is 13.9. The molecule has 2 aliphatic heterocycles. The molecule has 0 fully saturated rings. The van der Waals surface area contributed by atoms with Gasteiger partial charge in [-0.15, -0.1) is 0 Å². The predicted octanol–water partition coefficient (Wildman–Crippen LogP) is 9.96. The van der Waals surface area contributed by atoms with Crippen molar-refractivity contribution in [1.82, 2.24) is 0 Å². The summed E-state index contributed by atoms with van der Waals surface area (Å²) in [7, 11) is 0. The van der Waals surface area contributed by atoms with Crippen LogP contribution >= 0.6 is 46.4 Å². The number of esters is 2. The largest absolute Gasteiger partial charge is 0.482 e. The molecule has 0 amide bonds. The lowest BCUT2D eigenvalue weighted by atomic mass is 9.82. The van der Waals surface area contributed by atoms with Crippen LogP contribution in [0.5, 0.6) is 0 Å². The van der Waals surface area contributed by atoms with Gasteiger partial charge >= 0.3 is 11.9 Å². The maximum absolute atomic E-state index is 13.3. The number of rotatable bonds is 9. The standard InChI is InChI=1S/C38H30Cl4O6/c1-23-33(21-37(47-23,25-3-11-29(39)12-4-25)26-5-13-30(40)14-6-26)35(43)45-19-20-46-36(44)34-22-38(48-24(34)2,27-7-15-31(41)16-8-27)28-9-17-32(42)18-10-28/h3-18H,19-22H2,1-2H3. The third-order valence-corrected chi connectivity index (χ3v) is 9.65. The van der Waals surface area contributed by atoms with Crippen LogP contribution in [0, 0.1) is 0 Å². The third kappa shape index (κ3) is 6.68. The fraction of sp³-hybridized carbons (Fsp3) is 0.211. The molecule has 6 rings (SSSR count). The smallest absolute Gasteiger partial charge is 0.337 e. The number of halogens is 4. The van der Waals surface area contributed by atoms with Gasteiger partial charge in [0.1, 0.15) is 24.7 Å². The molecule has 4 aromatic rings. The maximum atomic E-state index is 13.3. The summed E-state index contributed by atoms with van der Waals surface area (Å²) in [5.41, 5.74) is 2.08. The normalized spacial score (nSPS) is 16.4. The molecule has 6 nitrogen and oxygen atoms in total. The Bertz CT molecular complexity index is 1670. The molecule has 48 heavy (non-hydrogen) atoms. The summed E-state index contributed by atoms with van der Waals surface area (Å²) in [4.78, 5) is 26.6. The van der Waals surface area contributed by atoms with Gasteiger partial charge in [-0.3, -0.25) is 0 Å². The molecule has 0 aliphatic carbocycles. The Morgan fingerprint density at radius 2 is 0.771 bits per heavy atom. The van der Waals surface area contributed by atoms with E-state index in [0.717, 1.165) is 22.3 Å². The third-order valence-electron chi connectivity index (χ3n) is 8.64. The Hall–Kier alpha value is -3.94. The van der Waals surface area contributed by atoms with Gasteiger partial charge in [0, 0.05) is 55.2 Å². The summed E-state index contributed by atoms with van der Waals surface area (Å²) in [6, 6.07) is 29.2. The molecule has 0 saturated carbocycles. The monoisotopic (exact) mass is 722 g/mol. The fourth-order valence-electron chi connectivity index (χ4n) is 6.19. The Balaban J connectivity index is 1.11. The van der Waals surface area contributed by atoms with Gasteiger partial charge in [-0.25, -0.2) is 9.59 Å². The SMILES string of the molecule is CC1=C(C(=O)OCCOC(=O)C2=C(C)OC(c3ccc(Cl)cc3)(c3ccc(Cl)cc3)C2)CC(c2ccc(Cl)cc2)(c2ccc(Cl)cc2)O1. The molecule has 2 heterocycles. The van der Waals surface area contributed by atoms with Gasteiger partial charge in [-0.05, 0) is 62.4 Å². The van der Waals surface area contributed by atoms with Crippen molar-refractivity contribution in [2.75, 3.05) is 13.2 Å². The van der Waals surface area contributed by atoms with Crippen molar-refractivity contribution in [3.8, 4) is 0 Å². The van der Waals surface area contributed by atoms with E-state index in [2.05, 4.69) is 0 Å². The van der Waals surface area contributed by atoms with Crippen LogP contribution in [0.25, 0.3) is 0 Å². The van der Waals surface area contributed by atoms with E-state index >= 15 is 0 Å². The molecule has 0 saturated heterocycles. The fourth-order valence-corrected chi connectivity index (χ4v) is 6.70. The lowest BCUT2D eigenvalue weighted by molar-refractivity contribution is -0.147. The van der Waals surface area contributed by atoms with Gasteiger partial charge in [-0.2, -0.15) is 0 Å². The van der Waals surface area contributed by atoms with E-state index in [-0.39, 0.29) is 26.1 Å². The summed E-state index contributed by atoms with van der Waals surface area (Å²) < 4.78 is 24.0. The molecule has 246 valence electrons. The van der Waals surface area contributed by atoms with Crippen LogP contribution < -0.4 is 0 Å². The first-order valence-electron chi connectivity index (χ1n) is 15.2.